The van der Waals surface area contributed by atoms with Crippen LogP contribution in [0.25, 0.3) is 10.9 Å². The zero-order chi connectivity index (χ0) is 15.4. The lowest BCUT2D eigenvalue weighted by Gasteiger charge is -2.18. The summed E-state index contributed by atoms with van der Waals surface area (Å²) in [5.74, 6) is -0.248. The molecule has 1 heterocycles. The van der Waals surface area contributed by atoms with Gasteiger partial charge in [0.05, 0.1) is 5.52 Å². The van der Waals surface area contributed by atoms with Crippen molar-refractivity contribution in [2.45, 2.75) is 26.3 Å². The van der Waals surface area contributed by atoms with Crippen LogP contribution in [-0.2, 0) is 4.79 Å². The van der Waals surface area contributed by atoms with Crippen molar-refractivity contribution in [2.24, 2.45) is 5.92 Å². The van der Waals surface area contributed by atoms with Gasteiger partial charge in [-0.25, -0.2) is 0 Å². The van der Waals surface area contributed by atoms with E-state index in [4.69, 9.17) is 0 Å². The largest absolute Gasteiger partial charge is 0.357 e. The van der Waals surface area contributed by atoms with Crippen molar-refractivity contribution in [1.82, 2.24) is 20.8 Å². The van der Waals surface area contributed by atoms with E-state index < -0.39 is 6.04 Å². The van der Waals surface area contributed by atoms with Crippen molar-refractivity contribution >= 4 is 22.7 Å². The number of rotatable bonds is 5. The van der Waals surface area contributed by atoms with E-state index in [1.54, 1.807) is 7.05 Å². The minimum atomic E-state index is -0.557. The SMILES string of the molecule is CNC(=O)[C@H](CC(C)C)NC(=O)c1n[nH]c2ccccc12. The van der Waals surface area contributed by atoms with Gasteiger partial charge in [-0.1, -0.05) is 32.0 Å². The molecule has 0 saturated heterocycles. The first-order valence-electron chi connectivity index (χ1n) is 6.98. The van der Waals surface area contributed by atoms with E-state index in [0.717, 1.165) is 10.9 Å². The maximum Gasteiger partial charge on any atom is 0.273 e. The van der Waals surface area contributed by atoms with Crippen molar-refractivity contribution in [2.75, 3.05) is 7.05 Å². The predicted molar refractivity (Wildman–Crippen MR) is 80.9 cm³/mol. The van der Waals surface area contributed by atoms with E-state index in [9.17, 15) is 9.59 Å². The van der Waals surface area contributed by atoms with Gasteiger partial charge in [-0.05, 0) is 18.4 Å². The van der Waals surface area contributed by atoms with Gasteiger partial charge < -0.3 is 10.6 Å². The number of para-hydroxylation sites is 1. The fourth-order valence-electron chi connectivity index (χ4n) is 2.24. The standard InChI is InChI=1S/C15H20N4O2/c1-9(2)8-12(14(20)16-3)17-15(21)13-10-6-4-5-7-11(10)18-19-13/h4-7,9,12H,8H2,1-3H3,(H,16,20)(H,17,21)(H,18,19)/t12-/m0/s1. The highest BCUT2D eigenvalue weighted by Crippen LogP contribution is 2.15. The molecule has 2 rings (SSSR count). The molecule has 6 nitrogen and oxygen atoms in total. The number of carbonyl (C=O) groups excluding carboxylic acids is 2. The summed E-state index contributed by atoms with van der Waals surface area (Å²) < 4.78 is 0. The molecule has 112 valence electrons. The van der Waals surface area contributed by atoms with E-state index in [1.807, 2.05) is 38.1 Å². The van der Waals surface area contributed by atoms with Crippen molar-refractivity contribution < 1.29 is 9.59 Å². The number of carbonyl (C=O) groups is 2. The molecule has 0 bridgehead atoms. The Hall–Kier alpha value is -2.37. The second kappa shape index (κ2) is 6.39. The number of hydrogen-bond acceptors (Lipinski definition) is 3. The Balaban J connectivity index is 2.20. The normalized spacial score (nSPS) is 12.4. The number of likely N-dealkylation sites (N-methyl/N-ethyl adjacent to an activating group) is 1. The minimum Gasteiger partial charge on any atom is -0.357 e. The van der Waals surface area contributed by atoms with E-state index in [0.29, 0.717) is 18.0 Å². The Morgan fingerprint density at radius 2 is 2.00 bits per heavy atom. The smallest absolute Gasteiger partial charge is 0.273 e. The van der Waals surface area contributed by atoms with E-state index in [1.165, 1.54) is 0 Å². The summed E-state index contributed by atoms with van der Waals surface area (Å²) >= 11 is 0. The van der Waals surface area contributed by atoms with Crippen LogP contribution in [0.1, 0.15) is 30.8 Å². The Labute approximate surface area is 123 Å². The first-order valence-corrected chi connectivity index (χ1v) is 6.98. The molecule has 6 heteroatoms. The topological polar surface area (TPSA) is 86.9 Å². The van der Waals surface area contributed by atoms with Crippen LogP contribution in [0.15, 0.2) is 24.3 Å². The summed E-state index contributed by atoms with van der Waals surface area (Å²) in [6.45, 7) is 4.01. The first kappa shape index (κ1) is 15.0. The number of hydrogen-bond donors (Lipinski definition) is 3. The van der Waals surface area contributed by atoms with E-state index in [-0.39, 0.29) is 11.8 Å². The summed E-state index contributed by atoms with van der Waals surface area (Å²) in [6.07, 6.45) is 0.577. The van der Waals surface area contributed by atoms with Crippen LogP contribution >= 0.6 is 0 Å². The maximum absolute atomic E-state index is 12.4. The Bertz CT molecular complexity index is 648. The Morgan fingerprint density at radius 1 is 1.29 bits per heavy atom. The molecule has 0 unspecified atom stereocenters. The summed E-state index contributed by atoms with van der Waals surface area (Å²) in [7, 11) is 1.56. The van der Waals surface area contributed by atoms with Gasteiger partial charge >= 0.3 is 0 Å². The van der Waals surface area contributed by atoms with Crippen LogP contribution in [0.5, 0.6) is 0 Å². The number of aromatic amines is 1. The number of H-pyrrole nitrogens is 1. The summed E-state index contributed by atoms with van der Waals surface area (Å²) in [4.78, 5) is 24.2. The Kier molecular flexibility index (Phi) is 4.57. The van der Waals surface area contributed by atoms with Crippen molar-refractivity contribution in [3.05, 3.63) is 30.0 Å². The average molecular weight is 288 g/mol. The van der Waals surface area contributed by atoms with Crippen LogP contribution in [0, 0.1) is 5.92 Å². The average Bonchev–Trinajstić information content (AvgIpc) is 2.89. The number of fused-ring (bicyclic) bond motifs is 1. The lowest BCUT2D eigenvalue weighted by Crippen LogP contribution is -2.46. The fourth-order valence-corrected chi connectivity index (χ4v) is 2.24. The van der Waals surface area contributed by atoms with E-state index in [2.05, 4.69) is 20.8 Å². The number of aromatic nitrogens is 2. The molecule has 0 aliphatic carbocycles. The molecule has 0 aliphatic rings. The molecular formula is C15H20N4O2. The number of nitrogens with one attached hydrogen (secondary N) is 3. The first-order chi connectivity index (χ1) is 10.0. The molecule has 1 aromatic carbocycles. The third-order valence-electron chi connectivity index (χ3n) is 3.26. The van der Waals surface area contributed by atoms with Crippen LogP contribution < -0.4 is 10.6 Å². The minimum absolute atomic E-state index is 0.197. The number of benzene rings is 1. The van der Waals surface area contributed by atoms with Gasteiger partial charge in [0.15, 0.2) is 5.69 Å². The van der Waals surface area contributed by atoms with Gasteiger partial charge in [0, 0.05) is 12.4 Å². The third-order valence-corrected chi connectivity index (χ3v) is 3.26. The molecule has 2 amide bonds. The van der Waals surface area contributed by atoms with Crippen molar-refractivity contribution in [3.8, 4) is 0 Å². The molecule has 2 aromatic rings. The highest BCUT2D eigenvalue weighted by molar-refractivity contribution is 6.05. The highest BCUT2D eigenvalue weighted by Gasteiger charge is 2.23. The van der Waals surface area contributed by atoms with Crippen molar-refractivity contribution in [3.63, 3.8) is 0 Å². The van der Waals surface area contributed by atoms with Crippen LogP contribution in [0.4, 0.5) is 0 Å². The lowest BCUT2D eigenvalue weighted by molar-refractivity contribution is -0.122. The van der Waals surface area contributed by atoms with Crippen molar-refractivity contribution in [1.29, 1.82) is 0 Å². The molecule has 0 spiro atoms. The highest BCUT2D eigenvalue weighted by atomic mass is 16.2. The molecule has 0 fully saturated rings. The molecule has 0 aliphatic heterocycles. The second-order valence-electron chi connectivity index (χ2n) is 5.39. The molecule has 3 N–H and O–H groups in total. The van der Waals surface area contributed by atoms with Gasteiger partial charge in [-0.15, -0.1) is 0 Å². The zero-order valence-electron chi connectivity index (χ0n) is 12.4. The monoisotopic (exact) mass is 288 g/mol. The second-order valence-corrected chi connectivity index (χ2v) is 5.39. The molecule has 21 heavy (non-hydrogen) atoms. The summed E-state index contributed by atoms with van der Waals surface area (Å²) in [5, 5.41) is 12.9. The third kappa shape index (κ3) is 3.39. The Morgan fingerprint density at radius 3 is 2.67 bits per heavy atom. The molecule has 1 atom stereocenters. The predicted octanol–water partition coefficient (Wildman–Crippen LogP) is 1.45. The fraction of sp³-hybridized carbons (Fsp3) is 0.400. The summed E-state index contributed by atoms with van der Waals surface area (Å²) in [6, 6.07) is 6.83. The molecular weight excluding hydrogens is 268 g/mol. The molecule has 0 saturated carbocycles. The lowest BCUT2D eigenvalue weighted by atomic mass is 10.0. The van der Waals surface area contributed by atoms with Gasteiger partial charge in [-0.3, -0.25) is 14.7 Å². The molecule has 0 radical (unpaired) electrons. The summed E-state index contributed by atoms with van der Waals surface area (Å²) in [5.41, 5.74) is 1.10. The van der Waals surface area contributed by atoms with Gasteiger partial charge in [0.1, 0.15) is 6.04 Å². The quantitative estimate of drug-likeness (QED) is 0.778. The van der Waals surface area contributed by atoms with Crippen LogP contribution in [-0.4, -0.2) is 35.1 Å². The molecule has 1 aromatic heterocycles. The van der Waals surface area contributed by atoms with Gasteiger partial charge in [0.25, 0.3) is 5.91 Å². The van der Waals surface area contributed by atoms with E-state index >= 15 is 0 Å². The maximum atomic E-state index is 12.4. The van der Waals surface area contributed by atoms with Gasteiger partial charge in [-0.2, -0.15) is 5.10 Å². The van der Waals surface area contributed by atoms with Crippen LogP contribution in [0.3, 0.4) is 0 Å². The van der Waals surface area contributed by atoms with Gasteiger partial charge in [0.2, 0.25) is 5.91 Å². The zero-order valence-corrected chi connectivity index (χ0v) is 12.4. The van der Waals surface area contributed by atoms with Crippen LogP contribution in [0.2, 0.25) is 0 Å². The number of amides is 2. The number of nitrogens with zero attached hydrogens (tertiary/aromatic N) is 1.